The van der Waals surface area contributed by atoms with Crippen molar-refractivity contribution >= 4 is 33.3 Å². The predicted molar refractivity (Wildman–Crippen MR) is 73.2 cm³/mol. The molecule has 0 aliphatic carbocycles. The van der Waals surface area contributed by atoms with Gasteiger partial charge in [-0.25, -0.2) is 14.4 Å². The molecule has 0 fully saturated rings. The third kappa shape index (κ3) is 2.97. The average molecular weight is 331 g/mol. The Labute approximate surface area is 118 Å². The largest absolute Gasteiger partial charge is 0.362 e. The maximum absolute atomic E-state index is 13.1. The van der Waals surface area contributed by atoms with Gasteiger partial charge in [0.1, 0.15) is 23.1 Å². The fourth-order valence-electron chi connectivity index (χ4n) is 1.51. The first-order valence-corrected chi connectivity index (χ1v) is 6.43. The van der Waals surface area contributed by atoms with Gasteiger partial charge in [0.25, 0.3) is 0 Å². The number of nitrogens with one attached hydrogen (secondary N) is 1. The Morgan fingerprint density at radius 3 is 2.89 bits per heavy atom. The van der Waals surface area contributed by atoms with Crippen molar-refractivity contribution in [2.24, 2.45) is 0 Å². The lowest BCUT2D eigenvalue weighted by Gasteiger charge is -2.16. The van der Waals surface area contributed by atoms with Crippen molar-refractivity contribution in [3.8, 4) is 0 Å². The van der Waals surface area contributed by atoms with Gasteiger partial charge in [0.2, 0.25) is 0 Å². The average Bonchev–Trinajstić information content (AvgIpc) is 2.35. The minimum absolute atomic E-state index is 0.0945. The van der Waals surface area contributed by atoms with Gasteiger partial charge in [-0.15, -0.1) is 0 Å². The molecule has 1 heterocycles. The standard InChI is InChI=1S/C12H10BrClFN3/c1-7(8-3-2-4-9(15)5-8)18-12-10(13)11(14)16-6-17-12/h2-7H,1H3,(H,16,17,18). The Bertz CT molecular complexity index is 565. The first kappa shape index (κ1) is 13.2. The second kappa shape index (κ2) is 5.63. The lowest BCUT2D eigenvalue weighted by atomic mass is 10.1. The molecule has 94 valence electrons. The summed E-state index contributed by atoms with van der Waals surface area (Å²) in [6.45, 7) is 1.91. The zero-order valence-electron chi connectivity index (χ0n) is 9.49. The molecule has 0 bridgehead atoms. The van der Waals surface area contributed by atoms with Gasteiger partial charge in [-0.2, -0.15) is 0 Å². The fourth-order valence-corrected chi connectivity index (χ4v) is 1.97. The van der Waals surface area contributed by atoms with Crippen LogP contribution in [0.5, 0.6) is 0 Å². The molecule has 1 N–H and O–H groups in total. The van der Waals surface area contributed by atoms with Gasteiger partial charge in [-0.05, 0) is 40.5 Å². The highest BCUT2D eigenvalue weighted by atomic mass is 79.9. The van der Waals surface area contributed by atoms with Gasteiger partial charge in [0.15, 0.2) is 0 Å². The van der Waals surface area contributed by atoms with E-state index in [1.165, 1.54) is 18.5 Å². The molecular formula is C12H10BrClFN3. The first-order valence-electron chi connectivity index (χ1n) is 5.26. The fraction of sp³-hybridized carbons (Fsp3) is 0.167. The first-order chi connectivity index (χ1) is 8.58. The van der Waals surface area contributed by atoms with Crippen molar-refractivity contribution in [2.75, 3.05) is 5.32 Å². The van der Waals surface area contributed by atoms with Gasteiger partial charge in [0.05, 0.1) is 10.5 Å². The topological polar surface area (TPSA) is 37.8 Å². The molecule has 1 aromatic carbocycles. The van der Waals surface area contributed by atoms with Crippen LogP contribution in [0.1, 0.15) is 18.5 Å². The Balaban J connectivity index is 2.21. The highest BCUT2D eigenvalue weighted by Crippen LogP contribution is 2.28. The van der Waals surface area contributed by atoms with Crippen LogP contribution in [0.25, 0.3) is 0 Å². The smallest absolute Gasteiger partial charge is 0.148 e. The molecule has 0 spiro atoms. The van der Waals surface area contributed by atoms with Crippen molar-refractivity contribution in [1.82, 2.24) is 9.97 Å². The molecule has 0 saturated carbocycles. The summed E-state index contributed by atoms with van der Waals surface area (Å²) in [7, 11) is 0. The van der Waals surface area contributed by atoms with Crippen molar-refractivity contribution in [2.45, 2.75) is 13.0 Å². The Hall–Kier alpha value is -1.20. The number of hydrogen-bond donors (Lipinski definition) is 1. The van der Waals surface area contributed by atoms with Gasteiger partial charge < -0.3 is 5.32 Å². The van der Waals surface area contributed by atoms with Gasteiger partial charge >= 0.3 is 0 Å². The summed E-state index contributed by atoms with van der Waals surface area (Å²) >= 11 is 9.17. The molecule has 0 radical (unpaired) electrons. The Kier molecular flexibility index (Phi) is 4.14. The van der Waals surface area contributed by atoms with E-state index < -0.39 is 0 Å². The van der Waals surface area contributed by atoms with Crippen LogP contribution in [-0.2, 0) is 0 Å². The molecule has 6 heteroatoms. The van der Waals surface area contributed by atoms with Crippen molar-refractivity contribution < 1.29 is 4.39 Å². The lowest BCUT2D eigenvalue weighted by molar-refractivity contribution is 0.623. The minimum atomic E-state index is -0.263. The molecule has 0 amide bonds. The predicted octanol–water partition coefficient (Wildman–Crippen LogP) is 4.20. The van der Waals surface area contributed by atoms with Crippen molar-refractivity contribution in [3.63, 3.8) is 0 Å². The van der Waals surface area contributed by atoms with Gasteiger partial charge in [-0.3, -0.25) is 0 Å². The summed E-state index contributed by atoms with van der Waals surface area (Å²) < 4.78 is 13.7. The van der Waals surface area contributed by atoms with Crippen molar-refractivity contribution in [3.05, 3.63) is 51.6 Å². The number of benzene rings is 1. The van der Waals surface area contributed by atoms with E-state index in [0.717, 1.165) is 5.56 Å². The number of rotatable bonds is 3. The van der Waals surface area contributed by atoms with Crippen LogP contribution in [-0.4, -0.2) is 9.97 Å². The van der Waals surface area contributed by atoms with Crippen LogP contribution >= 0.6 is 27.5 Å². The van der Waals surface area contributed by atoms with E-state index in [9.17, 15) is 4.39 Å². The van der Waals surface area contributed by atoms with E-state index in [1.54, 1.807) is 6.07 Å². The summed E-state index contributed by atoms with van der Waals surface area (Å²) in [5.41, 5.74) is 0.830. The number of hydrogen-bond acceptors (Lipinski definition) is 3. The summed E-state index contributed by atoms with van der Waals surface area (Å²) in [6.07, 6.45) is 1.37. The van der Waals surface area contributed by atoms with Gasteiger partial charge in [0, 0.05) is 0 Å². The molecule has 1 atom stereocenters. The van der Waals surface area contributed by atoms with Crippen LogP contribution in [0.3, 0.4) is 0 Å². The van der Waals surface area contributed by atoms with E-state index in [-0.39, 0.29) is 11.9 Å². The molecule has 1 aromatic heterocycles. The summed E-state index contributed by atoms with van der Waals surface area (Å²) in [4.78, 5) is 7.92. The van der Waals surface area contributed by atoms with E-state index >= 15 is 0 Å². The second-order valence-corrected chi connectivity index (χ2v) is 4.90. The Morgan fingerprint density at radius 1 is 1.39 bits per heavy atom. The van der Waals surface area contributed by atoms with E-state index in [2.05, 4.69) is 31.2 Å². The van der Waals surface area contributed by atoms with Crippen LogP contribution < -0.4 is 5.32 Å². The summed E-state index contributed by atoms with van der Waals surface area (Å²) in [6, 6.07) is 6.31. The molecule has 2 aromatic rings. The molecule has 0 saturated heterocycles. The lowest BCUT2D eigenvalue weighted by Crippen LogP contribution is -2.09. The summed E-state index contributed by atoms with van der Waals surface area (Å²) in [5, 5.41) is 3.48. The van der Waals surface area contributed by atoms with Crippen molar-refractivity contribution in [1.29, 1.82) is 0 Å². The molecule has 2 rings (SSSR count). The number of anilines is 1. The minimum Gasteiger partial charge on any atom is -0.362 e. The zero-order valence-corrected chi connectivity index (χ0v) is 11.8. The highest BCUT2D eigenvalue weighted by molar-refractivity contribution is 9.10. The van der Waals surface area contributed by atoms with Crippen LogP contribution in [0.2, 0.25) is 5.15 Å². The monoisotopic (exact) mass is 329 g/mol. The van der Waals surface area contributed by atoms with Crippen LogP contribution in [0, 0.1) is 5.82 Å². The summed E-state index contributed by atoms with van der Waals surface area (Å²) in [5.74, 6) is 0.313. The molecule has 0 aliphatic heterocycles. The third-order valence-corrected chi connectivity index (χ3v) is 3.71. The molecule has 0 aliphatic rings. The molecular weight excluding hydrogens is 321 g/mol. The number of halogens is 3. The quantitative estimate of drug-likeness (QED) is 0.857. The normalized spacial score (nSPS) is 12.2. The van der Waals surface area contributed by atoms with E-state index in [0.29, 0.717) is 15.4 Å². The SMILES string of the molecule is CC(Nc1ncnc(Cl)c1Br)c1cccc(F)c1. The molecule has 1 unspecified atom stereocenters. The Morgan fingerprint density at radius 2 is 2.17 bits per heavy atom. The maximum atomic E-state index is 13.1. The second-order valence-electron chi connectivity index (χ2n) is 3.75. The van der Waals surface area contributed by atoms with E-state index in [1.807, 2.05) is 13.0 Å². The third-order valence-electron chi connectivity index (χ3n) is 2.45. The maximum Gasteiger partial charge on any atom is 0.148 e. The number of aromatic nitrogens is 2. The number of nitrogens with zero attached hydrogens (tertiary/aromatic N) is 2. The van der Waals surface area contributed by atoms with Crippen LogP contribution in [0.4, 0.5) is 10.2 Å². The molecule has 18 heavy (non-hydrogen) atoms. The molecule has 3 nitrogen and oxygen atoms in total. The highest BCUT2D eigenvalue weighted by Gasteiger charge is 2.11. The zero-order chi connectivity index (χ0) is 13.1. The van der Waals surface area contributed by atoms with Gasteiger partial charge in [-0.1, -0.05) is 23.7 Å². The van der Waals surface area contributed by atoms with E-state index in [4.69, 9.17) is 11.6 Å². The van der Waals surface area contributed by atoms with Crippen LogP contribution in [0.15, 0.2) is 35.1 Å².